The Bertz CT molecular complexity index is 1570. The highest BCUT2D eigenvalue weighted by molar-refractivity contribution is 6.78. The van der Waals surface area contributed by atoms with E-state index < -0.39 is 43.7 Å². The molecule has 3 aliphatic rings. The summed E-state index contributed by atoms with van der Waals surface area (Å²) in [6, 6.07) is -1.78. The molecule has 19 nitrogen and oxygen atoms in total. The van der Waals surface area contributed by atoms with Crippen LogP contribution in [0.15, 0.2) is 0 Å². The van der Waals surface area contributed by atoms with Crippen LogP contribution in [0.5, 0.6) is 0 Å². The van der Waals surface area contributed by atoms with E-state index in [1.165, 1.54) is 0 Å². The van der Waals surface area contributed by atoms with Gasteiger partial charge in [-0.15, -0.1) is 34.9 Å². The first-order valence-electron chi connectivity index (χ1n) is 27.5. The van der Waals surface area contributed by atoms with Gasteiger partial charge in [-0.2, -0.15) is 0 Å². The second kappa shape index (κ2) is 34.1. The molecule has 3 fully saturated rings. The van der Waals surface area contributed by atoms with Gasteiger partial charge in [-0.05, 0) is 117 Å². The molecule has 0 aromatic heterocycles. The normalized spacial score (nSPS) is 22.0. The molecule has 424 valence electrons. The Kier molecular flexibility index (Phi) is 32.8. The van der Waals surface area contributed by atoms with Gasteiger partial charge in [0.15, 0.2) is 0 Å². The molecule has 0 radical (unpaired) electrons. The number of hydrogen-bond acceptors (Lipinski definition) is 18. The second-order valence-corrected chi connectivity index (χ2v) is 23.2. The lowest BCUT2D eigenvalue weighted by Gasteiger charge is -2.43. The number of Topliss-reactive ketones (excluding diaryl/α,β-unsaturated/α-hetero) is 1. The summed E-state index contributed by atoms with van der Waals surface area (Å²) in [5.41, 5.74) is 10.3. The van der Waals surface area contributed by atoms with E-state index in [1.54, 1.807) is 6.92 Å². The fraction of sp³-hybridized carbons (Fsp3) is 0.900. The Labute approximate surface area is 435 Å². The largest absolute Gasteiger partial charge is 0.673 e. The molecule has 0 aromatic carbocycles. The number of rotatable bonds is 29. The van der Waals surface area contributed by atoms with Crippen LogP contribution in [-0.4, -0.2) is 148 Å². The predicted octanol–water partition coefficient (Wildman–Crippen LogP) is 4.77. The van der Waals surface area contributed by atoms with E-state index in [-0.39, 0.29) is 77.4 Å². The fourth-order valence-electron chi connectivity index (χ4n) is 10.8. The quantitative estimate of drug-likeness (QED) is 0.0450. The van der Waals surface area contributed by atoms with Crippen molar-refractivity contribution in [3.8, 4) is 0 Å². The number of carbonyl (C=O) groups excluding carboxylic acids is 4. The van der Waals surface area contributed by atoms with Crippen molar-refractivity contribution in [2.75, 3.05) is 47.3 Å². The molecule has 72 heavy (non-hydrogen) atoms. The summed E-state index contributed by atoms with van der Waals surface area (Å²) in [4.78, 5) is 58.2. The Morgan fingerprint density at radius 1 is 0.583 bits per heavy atom. The smallest absolute Gasteiger partial charge is 0.320 e. The summed E-state index contributed by atoms with van der Waals surface area (Å²) < 4.78 is 17.3. The number of carboxylic acid groups (broad SMARTS) is 1. The van der Waals surface area contributed by atoms with Crippen LogP contribution < -0.4 is 43.1 Å². The molecule has 3 heterocycles. The van der Waals surface area contributed by atoms with Crippen LogP contribution in [0.3, 0.4) is 0 Å². The molecule has 3 saturated heterocycles. The van der Waals surface area contributed by atoms with Crippen LogP contribution in [0.4, 0.5) is 0 Å². The predicted molar refractivity (Wildman–Crippen MR) is 295 cm³/mol. The van der Waals surface area contributed by atoms with Crippen molar-refractivity contribution in [1.29, 1.82) is 0 Å². The Hall–Kier alpha value is -2.66. The zero-order chi connectivity index (χ0) is 55.7. The van der Waals surface area contributed by atoms with Gasteiger partial charge in [0.25, 0.3) is 17.9 Å². The van der Waals surface area contributed by atoms with E-state index in [4.69, 9.17) is 35.6 Å². The number of hydrogen-bond donors (Lipinski definition) is 11. The second-order valence-electron chi connectivity index (χ2n) is 23.2. The summed E-state index contributed by atoms with van der Waals surface area (Å²) in [5, 5.41) is 47.0. The maximum atomic E-state index is 12.3. The fourth-order valence-corrected chi connectivity index (χ4v) is 10.8. The molecule has 0 spiro atoms. The van der Waals surface area contributed by atoms with Crippen LogP contribution in [0, 0.1) is 11.8 Å². The van der Waals surface area contributed by atoms with E-state index in [1.807, 2.05) is 21.1 Å². The Balaban J connectivity index is 0.000000956. The lowest BCUT2D eigenvalue weighted by atomic mass is 9.37. The highest BCUT2D eigenvalue weighted by Crippen LogP contribution is 2.39. The van der Waals surface area contributed by atoms with E-state index in [0.717, 1.165) is 45.3 Å². The van der Waals surface area contributed by atoms with Crippen LogP contribution in [0.1, 0.15) is 161 Å². The molecule has 8 atom stereocenters. The number of aliphatic hydroxyl groups excluding tert-OH is 2. The summed E-state index contributed by atoms with van der Waals surface area (Å²) in [6.45, 7) is 28.1. The van der Waals surface area contributed by atoms with Gasteiger partial charge in [0.05, 0.1) is 30.3 Å². The van der Waals surface area contributed by atoms with Crippen molar-refractivity contribution in [3.05, 3.63) is 0 Å². The van der Waals surface area contributed by atoms with Crippen LogP contribution in [-0.2, 0) is 37.9 Å². The van der Waals surface area contributed by atoms with Crippen molar-refractivity contribution in [2.24, 2.45) is 23.3 Å². The van der Waals surface area contributed by atoms with E-state index in [2.05, 4.69) is 122 Å². The number of ketones is 1. The molecular weight excluding hydrogens is 921 g/mol. The highest BCUT2D eigenvalue weighted by Gasteiger charge is 2.48. The third-order valence-corrected chi connectivity index (χ3v) is 15.6. The monoisotopic (exact) mass is 1030 g/mol. The zero-order valence-corrected chi connectivity index (χ0v) is 48.0. The van der Waals surface area contributed by atoms with E-state index in [0.29, 0.717) is 56.2 Å². The van der Waals surface area contributed by atoms with Gasteiger partial charge in [-0.1, -0.05) is 96.4 Å². The number of aliphatic carboxylic acids is 1. The average molecular weight is 1030 g/mol. The van der Waals surface area contributed by atoms with Crippen molar-refractivity contribution in [2.45, 2.75) is 232 Å². The molecule has 8 unspecified atom stereocenters. The standard InChI is InChI=1S/C16H32BN2O3.C15H32BN2O2.C13H28BN2O3.C6H14N2O3/c1-11(2)17(12(3)4)19-15(16(21)22-17)10-14(7-8-18-6)9-13(5)20;1-7-13(8-9-17-6)10-14-15(19)20-16(18-14,11(2)3)12(4)5;1-9(2)14(10(3)4)16-12(13(18)19-14)8-11(17)6-7-15-5;7-2-1-4(9)3-5(8)6(10)11/h11-12,14-15,18-19H,7-10H2,1-6H3;11-14,17-18H,7-10H2,1-6H3;9-12,15-17H,6-8H2,1-5H3;4-5,9H,1-3,7-8H2,(H,10,11)/q3*-1;. The summed E-state index contributed by atoms with van der Waals surface area (Å²) in [5.74, 6) is 1.14. The maximum absolute atomic E-state index is 12.3. The van der Waals surface area contributed by atoms with Crippen LogP contribution in [0.25, 0.3) is 0 Å². The maximum Gasteiger partial charge on any atom is 0.320 e. The van der Waals surface area contributed by atoms with Gasteiger partial charge >= 0.3 is 5.97 Å². The van der Waals surface area contributed by atoms with Crippen molar-refractivity contribution < 1.29 is 53.3 Å². The number of carboxylic acids is 1. The minimum absolute atomic E-state index is 0.0460. The third-order valence-electron chi connectivity index (χ3n) is 15.6. The van der Waals surface area contributed by atoms with Crippen molar-refractivity contribution >= 4 is 49.1 Å². The zero-order valence-electron chi connectivity index (χ0n) is 48.0. The summed E-state index contributed by atoms with van der Waals surface area (Å²) in [6.07, 6.45) is 5.53. The van der Waals surface area contributed by atoms with Gasteiger partial charge in [0.1, 0.15) is 11.8 Å². The minimum Gasteiger partial charge on any atom is -0.673 e. The molecule has 13 N–H and O–H groups in total. The molecule has 3 aliphatic heterocycles. The number of nitrogens with one attached hydrogen (secondary N) is 6. The molecule has 3 rings (SSSR count). The first kappa shape index (κ1) is 69.3. The molecule has 0 bridgehead atoms. The highest BCUT2D eigenvalue weighted by atomic mass is 16.5. The summed E-state index contributed by atoms with van der Waals surface area (Å²) in [7, 11) is 5.72. The van der Waals surface area contributed by atoms with Crippen LogP contribution >= 0.6 is 0 Å². The first-order chi connectivity index (χ1) is 33.5. The summed E-state index contributed by atoms with van der Waals surface area (Å²) >= 11 is 0. The van der Waals surface area contributed by atoms with Gasteiger partial charge in [0, 0.05) is 6.42 Å². The minimum atomic E-state index is -1.34. The Morgan fingerprint density at radius 3 is 1.21 bits per heavy atom. The molecule has 0 saturated carbocycles. The van der Waals surface area contributed by atoms with Gasteiger partial charge in [-0.3, -0.25) is 19.2 Å². The molecule has 0 aliphatic carbocycles. The lowest BCUT2D eigenvalue weighted by Crippen LogP contribution is -2.55. The topological polar surface area (TPSA) is 298 Å². The van der Waals surface area contributed by atoms with Crippen LogP contribution in [0.2, 0.25) is 34.9 Å². The average Bonchev–Trinajstić information content (AvgIpc) is 3.94. The Morgan fingerprint density at radius 2 is 0.917 bits per heavy atom. The van der Waals surface area contributed by atoms with Gasteiger partial charge in [0.2, 0.25) is 19.5 Å². The lowest BCUT2D eigenvalue weighted by molar-refractivity contribution is -0.139. The molecule has 0 amide bonds. The van der Waals surface area contributed by atoms with E-state index >= 15 is 0 Å². The van der Waals surface area contributed by atoms with Crippen molar-refractivity contribution in [1.82, 2.24) is 31.6 Å². The molecule has 22 heteroatoms. The van der Waals surface area contributed by atoms with Gasteiger partial charge in [-0.25, -0.2) is 0 Å². The third kappa shape index (κ3) is 21.9. The van der Waals surface area contributed by atoms with Gasteiger partial charge < -0.3 is 77.2 Å². The first-order valence-corrected chi connectivity index (χ1v) is 27.5. The number of aliphatic hydroxyl groups is 2. The SMILES string of the molecule is CCC(CCNC)CC1N[B-](C(C)C)(C(C)C)OC1=O.CNCCC(CC(C)=O)CC1N[B-](C(C)C)(C(C)C)OC1=O.CNCCC(O)CC1N[B-](C(C)C)(C(C)C)OC1=O.NCCC(O)CC(N)C(=O)O. The van der Waals surface area contributed by atoms with Crippen molar-refractivity contribution in [3.63, 3.8) is 0 Å². The van der Waals surface area contributed by atoms with E-state index in [9.17, 15) is 29.1 Å². The molecular formula is C50H106B3N8O11-3. The number of carbonyl (C=O) groups is 5. The molecule has 0 aromatic rings. The number of nitrogens with two attached hydrogens (primary N) is 2.